The highest BCUT2D eigenvalue weighted by molar-refractivity contribution is 6.30. The molecule has 0 atom stereocenters. The average molecular weight is 318 g/mol. The fourth-order valence-corrected chi connectivity index (χ4v) is 1.60. The maximum atomic E-state index is 11.4. The van der Waals surface area contributed by atoms with E-state index >= 15 is 0 Å². The van der Waals surface area contributed by atoms with Crippen LogP contribution in [0.2, 0.25) is 5.02 Å². The van der Waals surface area contributed by atoms with E-state index in [1.165, 1.54) is 6.20 Å². The van der Waals surface area contributed by atoms with Gasteiger partial charge in [-0.15, -0.1) is 0 Å². The topological polar surface area (TPSA) is 112 Å². The van der Waals surface area contributed by atoms with Crippen LogP contribution in [0, 0.1) is 10.1 Å². The van der Waals surface area contributed by atoms with Crippen molar-refractivity contribution in [3.8, 4) is 0 Å². The Morgan fingerprint density at radius 3 is 2.29 bits per heavy atom. The Morgan fingerprint density at radius 2 is 1.86 bits per heavy atom. The van der Waals surface area contributed by atoms with Crippen molar-refractivity contribution >= 4 is 35.0 Å². The first-order chi connectivity index (χ1) is 9.88. The maximum absolute atomic E-state index is 11.4. The van der Waals surface area contributed by atoms with Crippen LogP contribution in [0.15, 0.2) is 12.3 Å². The molecule has 0 N–H and O–H groups in total. The number of nitro groups is 1. The van der Waals surface area contributed by atoms with Gasteiger partial charge < -0.3 is 14.4 Å². The molecular formula is C11H12ClN3O6. The quantitative estimate of drug-likeness (QED) is 0.430. The lowest BCUT2D eigenvalue weighted by atomic mass is 10.3. The van der Waals surface area contributed by atoms with Crippen molar-refractivity contribution in [3.63, 3.8) is 0 Å². The minimum absolute atomic E-state index is 0.0570. The molecular weight excluding hydrogens is 306 g/mol. The zero-order chi connectivity index (χ0) is 16.0. The third-order valence-corrected chi connectivity index (χ3v) is 2.61. The Balaban J connectivity index is 3.21. The van der Waals surface area contributed by atoms with Crippen LogP contribution in [0.1, 0.15) is 0 Å². The van der Waals surface area contributed by atoms with Crippen molar-refractivity contribution in [3.05, 3.63) is 27.4 Å². The van der Waals surface area contributed by atoms with Gasteiger partial charge >= 0.3 is 17.6 Å². The molecule has 9 nitrogen and oxygen atoms in total. The van der Waals surface area contributed by atoms with E-state index in [1.807, 2.05) is 0 Å². The van der Waals surface area contributed by atoms with E-state index in [0.29, 0.717) is 0 Å². The molecule has 0 aromatic carbocycles. The third kappa shape index (κ3) is 4.56. The maximum Gasteiger partial charge on any atom is 0.325 e. The van der Waals surface area contributed by atoms with E-state index < -0.39 is 35.6 Å². The number of nitrogens with zero attached hydrogens (tertiary/aromatic N) is 3. The van der Waals surface area contributed by atoms with Gasteiger partial charge in [0.25, 0.3) is 0 Å². The molecule has 1 aromatic heterocycles. The van der Waals surface area contributed by atoms with Gasteiger partial charge in [-0.3, -0.25) is 19.7 Å². The van der Waals surface area contributed by atoms with Gasteiger partial charge in [0.05, 0.1) is 24.2 Å². The highest BCUT2D eigenvalue weighted by atomic mass is 35.5. The summed E-state index contributed by atoms with van der Waals surface area (Å²) in [7, 11) is 2.31. The number of esters is 2. The number of carbonyl (C=O) groups excluding carboxylic acids is 2. The number of aromatic nitrogens is 1. The smallest absolute Gasteiger partial charge is 0.325 e. The Kier molecular flexibility index (Phi) is 5.85. The summed E-state index contributed by atoms with van der Waals surface area (Å²) in [6.07, 6.45) is 1.17. The summed E-state index contributed by atoms with van der Waals surface area (Å²) in [6, 6.07) is 1.07. The van der Waals surface area contributed by atoms with Crippen LogP contribution < -0.4 is 4.90 Å². The molecule has 21 heavy (non-hydrogen) atoms. The number of methoxy groups -OCH3 is 2. The minimum Gasteiger partial charge on any atom is -0.468 e. The second kappa shape index (κ2) is 7.39. The molecule has 0 aliphatic heterocycles. The average Bonchev–Trinajstić information content (AvgIpc) is 2.45. The van der Waals surface area contributed by atoms with Crippen molar-refractivity contribution < 1.29 is 24.0 Å². The van der Waals surface area contributed by atoms with Crippen LogP contribution in [0.4, 0.5) is 11.5 Å². The van der Waals surface area contributed by atoms with Crippen LogP contribution in [0.5, 0.6) is 0 Å². The molecule has 0 spiro atoms. The summed E-state index contributed by atoms with van der Waals surface area (Å²) in [5.41, 5.74) is -0.435. The van der Waals surface area contributed by atoms with Crippen LogP contribution >= 0.6 is 11.6 Å². The molecule has 0 amide bonds. The van der Waals surface area contributed by atoms with E-state index in [4.69, 9.17) is 11.6 Å². The van der Waals surface area contributed by atoms with Gasteiger partial charge in [0.15, 0.2) is 0 Å². The van der Waals surface area contributed by atoms with Crippen molar-refractivity contribution in [1.82, 2.24) is 4.98 Å². The molecule has 10 heteroatoms. The Hall–Kier alpha value is -2.42. The lowest BCUT2D eigenvalue weighted by Gasteiger charge is -2.20. The first kappa shape index (κ1) is 16.6. The van der Waals surface area contributed by atoms with Crippen molar-refractivity contribution in [1.29, 1.82) is 0 Å². The lowest BCUT2D eigenvalue weighted by Crippen LogP contribution is -2.36. The van der Waals surface area contributed by atoms with Crippen LogP contribution in [-0.2, 0) is 19.1 Å². The van der Waals surface area contributed by atoms with Gasteiger partial charge in [0.1, 0.15) is 13.1 Å². The highest BCUT2D eigenvalue weighted by Gasteiger charge is 2.25. The summed E-state index contributed by atoms with van der Waals surface area (Å²) in [4.78, 5) is 38.0. The number of hydrogen-bond donors (Lipinski definition) is 0. The Labute approximate surface area is 124 Å². The Bertz CT molecular complexity index is 547. The molecule has 114 valence electrons. The molecule has 0 bridgehead atoms. The number of anilines is 1. The van der Waals surface area contributed by atoms with Gasteiger partial charge in [-0.1, -0.05) is 11.6 Å². The van der Waals surface area contributed by atoms with Crippen molar-refractivity contribution in [2.24, 2.45) is 0 Å². The van der Waals surface area contributed by atoms with E-state index in [9.17, 15) is 19.7 Å². The van der Waals surface area contributed by atoms with Gasteiger partial charge in [-0.25, -0.2) is 4.98 Å². The standard InChI is InChI=1S/C11H12ClN3O6/c1-20-9(16)5-14(6-10(17)21-2)11-8(15(18)19)3-7(12)4-13-11/h3-4H,5-6H2,1-2H3. The predicted molar refractivity (Wildman–Crippen MR) is 72.1 cm³/mol. The normalized spacial score (nSPS) is 9.86. The summed E-state index contributed by atoms with van der Waals surface area (Å²) in [5, 5.41) is 11.1. The van der Waals surface area contributed by atoms with Crippen LogP contribution in [0.3, 0.4) is 0 Å². The van der Waals surface area contributed by atoms with Crippen LogP contribution in [0.25, 0.3) is 0 Å². The molecule has 1 heterocycles. The first-order valence-corrected chi connectivity index (χ1v) is 5.95. The SMILES string of the molecule is COC(=O)CN(CC(=O)OC)c1ncc(Cl)cc1[N+](=O)[O-]. The fourth-order valence-electron chi connectivity index (χ4n) is 1.45. The van der Waals surface area contributed by atoms with E-state index in [1.54, 1.807) is 0 Å². The van der Waals surface area contributed by atoms with E-state index in [-0.39, 0.29) is 10.8 Å². The second-order valence-electron chi connectivity index (χ2n) is 3.76. The molecule has 0 radical (unpaired) electrons. The molecule has 0 unspecified atom stereocenters. The molecule has 0 aliphatic rings. The van der Waals surface area contributed by atoms with Gasteiger partial charge in [0, 0.05) is 12.3 Å². The number of rotatable bonds is 6. The summed E-state index contributed by atoms with van der Waals surface area (Å²) in [6.45, 7) is -0.803. The minimum atomic E-state index is -0.713. The first-order valence-electron chi connectivity index (χ1n) is 5.57. The number of halogens is 1. The zero-order valence-electron chi connectivity index (χ0n) is 11.2. The fraction of sp³-hybridized carbons (Fsp3) is 0.364. The van der Waals surface area contributed by atoms with E-state index in [0.717, 1.165) is 25.2 Å². The monoisotopic (exact) mass is 317 g/mol. The molecule has 1 aromatic rings. The largest absolute Gasteiger partial charge is 0.468 e. The number of ether oxygens (including phenoxy) is 2. The van der Waals surface area contributed by atoms with Gasteiger partial charge in [-0.2, -0.15) is 0 Å². The number of hydrogen-bond acceptors (Lipinski definition) is 8. The summed E-state index contributed by atoms with van der Waals surface area (Å²) >= 11 is 5.66. The summed E-state index contributed by atoms with van der Waals surface area (Å²) in [5.74, 6) is -1.56. The van der Waals surface area contributed by atoms with Gasteiger partial charge in [0.2, 0.25) is 5.82 Å². The van der Waals surface area contributed by atoms with Gasteiger partial charge in [-0.05, 0) is 0 Å². The van der Waals surface area contributed by atoms with E-state index in [2.05, 4.69) is 14.5 Å². The van der Waals surface area contributed by atoms with Crippen LogP contribution in [-0.4, -0.2) is 49.2 Å². The predicted octanol–water partition coefficient (Wildman–Crippen LogP) is 0.796. The number of pyridine rings is 1. The zero-order valence-corrected chi connectivity index (χ0v) is 12.0. The second-order valence-corrected chi connectivity index (χ2v) is 4.20. The third-order valence-electron chi connectivity index (χ3n) is 2.41. The number of carbonyl (C=O) groups is 2. The lowest BCUT2D eigenvalue weighted by molar-refractivity contribution is -0.384. The molecule has 1 rings (SSSR count). The Morgan fingerprint density at radius 1 is 1.33 bits per heavy atom. The summed E-state index contributed by atoms with van der Waals surface area (Å²) < 4.78 is 8.97. The molecule has 0 saturated heterocycles. The highest BCUT2D eigenvalue weighted by Crippen LogP contribution is 2.28. The van der Waals surface area contributed by atoms with Crippen molar-refractivity contribution in [2.75, 3.05) is 32.2 Å². The molecule has 0 saturated carbocycles. The van der Waals surface area contributed by atoms with Crippen molar-refractivity contribution in [2.45, 2.75) is 0 Å². The molecule has 0 fully saturated rings. The molecule has 0 aliphatic carbocycles.